The Hall–Kier alpha value is -2.88. The Balaban J connectivity index is 2.17. The molecule has 9 heteroatoms. The van der Waals surface area contributed by atoms with E-state index in [1.165, 1.54) is 0 Å². The number of carbonyl (C=O) groups is 2. The number of aliphatic hydroxyl groups is 1. The molecule has 0 heterocycles. The lowest BCUT2D eigenvalue weighted by Crippen LogP contribution is -2.59. The molecule has 0 radical (unpaired) electrons. The van der Waals surface area contributed by atoms with E-state index in [9.17, 15) is 14.7 Å². The summed E-state index contributed by atoms with van der Waals surface area (Å²) in [7, 11) is -2.23. The number of aliphatic hydroxyl groups excluding tert-OH is 1. The normalized spacial score (nSPS) is 13.5. The van der Waals surface area contributed by atoms with Crippen molar-refractivity contribution in [2.24, 2.45) is 0 Å². The number of hydrogen-bond donors (Lipinski definition) is 2. The van der Waals surface area contributed by atoms with Crippen LogP contribution in [0.1, 0.15) is 38.8 Å². The quantitative estimate of drug-likeness (QED) is 0.360. The Labute approximate surface area is 209 Å². The minimum atomic E-state index is -2.23. The van der Waals surface area contributed by atoms with Crippen molar-refractivity contribution in [2.75, 3.05) is 6.61 Å². The summed E-state index contributed by atoms with van der Waals surface area (Å²) in [5, 5.41) is 11.1. The van der Waals surface area contributed by atoms with Gasteiger partial charge in [0.05, 0.1) is 12.7 Å². The van der Waals surface area contributed by atoms with E-state index in [1.807, 2.05) is 60.7 Å². The second kappa shape index (κ2) is 12.7. The molecule has 2 atom stereocenters. The zero-order valence-corrected chi connectivity index (χ0v) is 22.5. The number of ether oxygens (including phenoxy) is 2. The summed E-state index contributed by atoms with van der Waals surface area (Å²) in [4.78, 5) is 25.7. The van der Waals surface area contributed by atoms with E-state index in [-0.39, 0.29) is 18.3 Å². The van der Waals surface area contributed by atoms with Gasteiger partial charge < -0.3 is 19.0 Å². The van der Waals surface area contributed by atoms with Gasteiger partial charge >= 0.3 is 12.2 Å². The summed E-state index contributed by atoms with van der Waals surface area (Å²) in [5.74, 6) is 0. The molecule has 0 aliphatic carbocycles. The maximum absolute atomic E-state index is 13.1. The fourth-order valence-electron chi connectivity index (χ4n) is 3.07. The molecule has 2 amide bonds. The van der Waals surface area contributed by atoms with Crippen LogP contribution in [0.3, 0.4) is 0 Å². The molecule has 192 valence electrons. The number of benzene rings is 2. The predicted molar refractivity (Wildman–Crippen MR) is 137 cm³/mol. The van der Waals surface area contributed by atoms with Crippen molar-refractivity contribution < 1.29 is 28.6 Å². The van der Waals surface area contributed by atoms with Crippen LogP contribution >= 0.6 is 0 Å². The second-order valence-corrected chi connectivity index (χ2v) is 14.7. The van der Waals surface area contributed by atoms with Crippen LogP contribution in [0.25, 0.3) is 0 Å². The molecule has 0 unspecified atom stereocenters. The SMILES string of the molecule is C[C@@H](O[Si](C)(C)C(C)(C)C)[C@@H](CO)N(NC(=O)OCc1ccccc1)C(=O)OCc1ccccc1. The standard InChI is InChI=1S/C26H38N2O6Si/c1-20(34-35(5,6)26(2,3)4)23(17-29)28(25(31)33-19-22-15-11-8-12-16-22)27-24(30)32-18-21-13-9-7-10-14-21/h7-16,20,23,29H,17-19H2,1-6H3,(H,27,30)/t20-,23-/m1/s1. The van der Waals surface area contributed by atoms with E-state index >= 15 is 0 Å². The number of nitrogens with zero attached hydrogens (tertiary/aromatic N) is 1. The highest BCUT2D eigenvalue weighted by molar-refractivity contribution is 6.74. The van der Waals surface area contributed by atoms with Gasteiger partial charge in [0.15, 0.2) is 8.32 Å². The van der Waals surface area contributed by atoms with Crippen LogP contribution in [0.15, 0.2) is 60.7 Å². The molecule has 0 aromatic heterocycles. The lowest BCUT2D eigenvalue weighted by atomic mass is 10.2. The molecule has 0 fully saturated rings. The average Bonchev–Trinajstić information content (AvgIpc) is 2.81. The molecule has 0 saturated carbocycles. The number of carbonyl (C=O) groups excluding carboxylic acids is 2. The summed E-state index contributed by atoms with van der Waals surface area (Å²) in [6.07, 6.45) is -2.25. The van der Waals surface area contributed by atoms with E-state index in [0.717, 1.165) is 16.1 Å². The zero-order chi connectivity index (χ0) is 26.1. The first kappa shape index (κ1) is 28.4. The van der Waals surface area contributed by atoms with Crippen molar-refractivity contribution in [2.45, 2.75) is 71.2 Å². The van der Waals surface area contributed by atoms with E-state index in [0.29, 0.717) is 0 Å². The van der Waals surface area contributed by atoms with Gasteiger partial charge in [-0.25, -0.2) is 20.0 Å². The van der Waals surface area contributed by atoms with E-state index in [2.05, 4.69) is 39.3 Å². The monoisotopic (exact) mass is 502 g/mol. The van der Waals surface area contributed by atoms with E-state index in [4.69, 9.17) is 13.9 Å². The number of rotatable bonds is 9. The van der Waals surface area contributed by atoms with Gasteiger partial charge in [0.25, 0.3) is 0 Å². The number of nitrogens with one attached hydrogen (secondary N) is 1. The third-order valence-corrected chi connectivity index (χ3v) is 10.7. The van der Waals surface area contributed by atoms with Crippen molar-refractivity contribution in [3.63, 3.8) is 0 Å². The average molecular weight is 503 g/mol. The largest absolute Gasteiger partial charge is 0.443 e. The highest BCUT2D eigenvalue weighted by Gasteiger charge is 2.41. The number of amides is 2. The Kier molecular flexibility index (Phi) is 10.3. The van der Waals surface area contributed by atoms with Gasteiger partial charge in [0, 0.05) is 0 Å². The fourth-order valence-corrected chi connectivity index (χ4v) is 4.51. The van der Waals surface area contributed by atoms with Crippen LogP contribution in [0.5, 0.6) is 0 Å². The smallest absolute Gasteiger partial charge is 0.429 e. The van der Waals surface area contributed by atoms with Crippen LogP contribution < -0.4 is 5.43 Å². The molecule has 2 N–H and O–H groups in total. The van der Waals surface area contributed by atoms with Gasteiger partial charge in [-0.3, -0.25) is 0 Å². The van der Waals surface area contributed by atoms with Gasteiger partial charge in [0.2, 0.25) is 0 Å². The Morgan fingerprint density at radius 2 is 1.43 bits per heavy atom. The summed E-state index contributed by atoms with van der Waals surface area (Å²) in [6.45, 7) is 11.8. The van der Waals surface area contributed by atoms with Crippen LogP contribution in [0, 0.1) is 0 Å². The molecule has 0 saturated heterocycles. The van der Waals surface area contributed by atoms with Crippen molar-refractivity contribution in [3.05, 3.63) is 71.8 Å². The molecule has 2 rings (SSSR count). The fraction of sp³-hybridized carbons (Fsp3) is 0.462. The van der Waals surface area contributed by atoms with Gasteiger partial charge in [-0.15, -0.1) is 0 Å². The third kappa shape index (κ3) is 8.68. The Morgan fingerprint density at radius 3 is 1.89 bits per heavy atom. The Morgan fingerprint density at radius 1 is 0.943 bits per heavy atom. The lowest BCUT2D eigenvalue weighted by molar-refractivity contribution is -0.00582. The lowest BCUT2D eigenvalue weighted by Gasteiger charge is -2.42. The minimum absolute atomic E-state index is 0.00649. The van der Waals surface area contributed by atoms with Crippen molar-refractivity contribution >= 4 is 20.5 Å². The maximum Gasteiger partial charge on any atom is 0.429 e. The van der Waals surface area contributed by atoms with Crippen molar-refractivity contribution in [3.8, 4) is 0 Å². The van der Waals surface area contributed by atoms with Gasteiger partial charge in [-0.2, -0.15) is 0 Å². The third-order valence-electron chi connectivity index (χ3n) is 6.17. The summed E-state index contributed by atoms with van der Waals surface area (Å²) < 4.78 is 17.1. The van der Waals surface area contributed by atoms with Crippen molar-refractivity contribution in [1.29, 1.82) is 0 Å². The van der Waals surface area contributed by atoms with Gasteiger partial charge in [0.1, 0.15) is 19.3 Å². The molecule has 2 aromatic rings. The molecule has 0 spiro atoms. The molecule has 35 heavy (non-hydrogen) atoms. The van der Waals surface area contributed by atoms with E-state index < -0.39 is 39.3 Å². The summed E-state index contributed by atoms with van der Waals surface area (Å²) in [5.41, 5.74) is 4.04. The molecule has 8 nitrogen and oxygen atoms in total. The maximum atomic E-state index is 13.1. The Bertz CT molecular complexity index is 934. The molecular formula is C26H38N2O6Si. The highest BCUT2D eigenvalue weighted by atomic mass is 28.4. The number of hydrazine groups is 1. The molecule has 0 bridgehead atoms. The molecule has 0 aliphatic heterocycles. The zero-order valence-electron chi connectivity index (χ0n) is 21.5. The van der Waals surface area contributed by atoms with E-state index in [1.54, 1.807) is 6.92 Å². The number of hydrogen-bond acceptors (Lipinski definition) is 6. The summed E-state index contributed by atoms with van der Waals surface area (Å²) >= 11 is 0. The van der Waals surface area contributed by atoms with Crippen LogP contribution in [0.4, 0.5) is 9.59 Å². The van der Waals surface area contributed by atoms with Gasteiger partial charge in [-0.05, 0) is 36.2 Å². The first-order valence-corrected chi connectivity index (χ1v) is 14.6. The van der Waals surface area contributed by atoms with Crippen LogP contribution in [-0.2, 0) is 27.1 Å². The first-order valence-electron chi connectivity index (χ1n) is 11.7. The second-order valence-electron chi connectivity index (χ2n) is 9.92. The predicted octanol–water partition coefficient (Wildman–Crippen LogP) is 5.24. The van der Waals surface area contributed by atoms with Crippen molar-refractivity contribution in [1.82, 2.24) is 10.4 Å². The molecular weight excluding hydrogens is 464 g/mol. The summed E-state index contributed by atoms with van der Waals surface area (Å²) in [6, 6.07) is 17.5. The van der Waals surface area contributed by atoms with Crippen LogP contribution in [-0.4, -0.2) is 49.4 Å². The first-order chi connectivity index (χ1) is 16.4. The molecule has 2 aromatic carbocycles. The molecule has 0 aliphatic rings. The minimum Gasteiger partial charge on any atom is -0.443 e. The topological polar surface area (TPSA) is 97.3 Å². The highest BCUT2D eigenvalue weighted by Crippen LogP contribution is 2.37. The van der Waals surface area contributed by atoms with Crippen LogP contribution in [0.2, 0.25) is 18.1 Å². The van der Waals surface area contributed by atoms with Gasteiger partial charge in [-0.1, -0.05) is 81.4 Å².